The Hall–Kier alpha value is -2.61. The van der Waals surface area contributed by atoms with Crippen LogP contribution < -0.4 is 0 Å². The van der Waals surface area contributed by atoms with Crippen LogP contribution in [0.5, 0.6) is 0 Å². The Morgan fingerprint density at radius 1 is 0.905 bits per heavy atom. The molecule has 0 amide bonds. The molecule has 2 heteroatoms. The van der Waals surface area contributed by atoms with Gasteiger partial charge >= 0.3 is 5.97 Å². The zero-order valence-electron chi connectivity index (χ0n) is 12.1. The first-order chi connectivity index (χ1) is 10.1. The van der Waals surface area contributed by atoms with Gasteiger partial charge in [-0.3, -0.25) is 0 Å². The highest BCUT2D eigenvalue weighted by molar-refractivity contribution is 6.11. The van der Waals surface area contributed by atoms with E-state index in [-0.39, 0.29) is 0 Å². The van der Waals surface area contributed by atoms with Crippen LogP contribution in [0.15, 0.2) is 54.1 Å². The molecule has 0 atom stereocenters. The molecule has 0 aliphatic carbocycles. The molecule has 3 aromatic carbocycles. The van der Waals surface area contributed by atoms with Crippen LogP contribution >= 0.6 is 0 Å². The van der Waals surface area contributed by atoms with Crippen molar-refractivity contribution in [3.63, 3.8) is 0 Å². The van der Waals surface area contributed by atoms with Gasteiger partial charge in [0.25, 0.3) is 0 Å². The van der Waals surface area contributed by atoms with Crippen molar-refractivity contribution in [2.24, 2.45) is 0 Å². The smallest absolute Gasteiger partial charge is 0.331 e. The molecule has 0 radical (unpaired) electrons. The summed E-state index contributed by atoms with van der Waals surface area (Å²) in [7, 11) is 0. The highest BCUT2D eigenvalue weighted by Gasteiger charge is 2.10. The molecular weight excluding hydrogens is 260 g/mol. The van der Waals surface area contributed by atoms with Gasteiger partial charge in [0.05, 0.1) is 0 Å². The monoisotopic (exact) mass is 276 g/mol. The van der Waals surface area contributed by atoms with Crippen LogP contribution in [0.3, 0.4) is 0 Å². The molecule has 0 aromatic heterocycles. The second-order valence-corrected chi connectivity index (χ2v) is 5.26. The number of rotatable bonds is 2. The van der Waals surface area contributed by atoms with Gasteiger partial charge in [0, 0.05) is 5.57 Å². The van der Waals surface area contributed by atoms with E-state index in [9.17, 15) is 9.90 Å². The molecule has 0 aliphatic rings. The third kappa shape index (κ3) is 2.19. The number of aliphatic carboxylic acids is 1. The molecular formula is C19H16O2. The highest BCUT2D eigenvalue weighted by atomic mass is 16.4. The minimum absolute atomic E-state index is 0.342. The molecule has 0 heterocycles. The molecule has 0 saturated carbocycles. The number of hydrogen-bond acceptors (Lipinski definition) is 1. The van der Waals surface area contributed by atoms with Crippen molar-refractivity contribution in [2.75, 3.05) is 0 Å². The second kappa shape index (κ2) is 5.06. The second-order valence-electron chi connectivity index (χ2n) is 5.26. The minimum atomic E-state index is -0.885. The van der Waals surface area contributed by atoms with E-state index in [1.165, 1.54) is 16.3 Å². The average Bonchev–Trinajstić information content (AvgIpc) is 2.51. The van der Waals surface area contributed by atoms with Gasteiger partial charge in [-0.25, -0.2) is 4.79 Å². The predicted octanol–water partition coefficient (Wildman–Crippen LogP) is 4.79. The lowest BCUT2D eigenvalue weighted by Gasteiger charge is -2.12. The van der Waals surface area contributed by atoms with Gasteiger partial charge < -0.3 is 5.11 Å². The molecule has 0 saturated heterocycles. The number of carboxylic acid groups (broad SMARTS) is 1. The first-order valence-corrected chi connectivity index (χ1v) is 6.91. The van der Waals surface area contributed by atoms with Crippen molar-refractivity contribution < 1.29 is 9.90 Å². The summed E-state index contributed by atoms with van der Waals surface area (Å²) in [5.74, 6) is -0.885. The maximum absolute atomic E-state index is 11.2. The van der Waals surface area contributed by atoms with Crippen molar-refractivity contribution in [3.05, 3.63) is 65.2 Å². The van der Waals surface area contributed by atoms with Crippen molar-refractivity contribution in [3.8, 4) is 0 Å². The number of aryl methyl sites for hydroxylation is 1. The largest absolute Gasteiger partial charge is 0.478 e. The number of hydrogen-bond donors (Lipinski definition) is 1. The van der Waals surface area contributed by atoms with E-state index >= 15 is 0 Å². The number of carboxylic acids is 1. The summed E-state index contributed by atoms with van der Waals surface area (Å²) in [5, 5.41) is 13.7. The number of benzene rings is 3. The molecule has 2 nitrogen and oxygen atoms in total. The lowest BCUT2D eigenvalue weighted by molar-refractivity contribution is -0.132. The quantitative estimate of drug-likeness (QED) is 0.539. The molecule has 3 rings (SSSR count). The molecule has 0 unspecified atom stereocenters. The van der Waals surface area contributed by atoms with Gasteiger partial charge in [-0.1, -0.05) is 48.5 Å². The Kier molecular flexibility index (Phi) is 3.22. The summed E-state index contributed by atoms with van der Waals surface area (Å²) in [6.07, 6.45) is 1.77. The molecule has 21 heavy (non-hydrogen) atoms. The Bertz CT molecular complexity index is 832. The van der Waals surface area contributed by atoms with E-state index in [1.54, 1.807) is 13.0 Å². The summed E-state index contributed by atoms with van der Waals surface area (Å²) in [6, 6.07) is 16.3. The third-order valence-electron chi connectivity index (χ3n) is 3.94. The number of fused-ring (bicyclic) bond motifs is 2. The predicted molar refractivity (Wildman–Crippen MR) is 87.5 cm³/mol. The van der Waals surface area contributed by atoms with Crippen LogP contribution in [0.4, 0.5) is 0 Å². The summed E-state index contributed by atoms with van der Waals surface area (Å²) < 4.78 is 0. The fourth-order valence-electron chi connectivity index (χ4n) is 2.81. The maximum Gasteiger partial charge on any atom is 0.331 e. The first-order valence-electron chi connectivity index (χ1n) is 6.91. The summed E-state index contributed by atoms with van der Waals surface area (Å²) in [5.41, 5.74) is 2.55. The van der Waals surface area contributed by atoms with Gasteiger partial charge in [0.15, 0.2) is 0 Å². The minimum Gasteiger partial charge on any atom is -0.478 e. The lowest BCUT2D eigenvalue weighted by atomic mass is 9.91. The van der Waals surface area contributed by atoms with Crippen LogP contribution in [-0.2, 0) is 4.79 Å². The summed E-state index contributed by atoms with van der Waals surface area (Å²) >= 11 is 0. The van der Waals surface area contributed by atoms with Crippen molar-refractivity contribution >= 4 is 33.6 Å². The van der Waals surface area contributed by atoms with Crippen molar-refractivity contribution in [1.82, 2.24) is 0 Å². The van der Waals surface area contributed by atoms with Crippen LogP contribution in [0.1, 0.15) is 18.1 Å². The van der Waals surface area contributed by atoms with Gasteiger partial charge in [0.1, 0.15) is 0 Å². The molecule has 0 spiro atoms. The molecule has 3 aromatic rings. The maximum atomic E-state index is 11.2. The van der Waals surface area contributed by atoms with Crippen LogP contribution in [0.25, 0.3) is 27.6 Å². The Labute approximate surface area is 123 Å². The fourth-order valence-corrected chi connectivity index (χ4v) is 2.81. The highest BCUT2D eigenvalue weighted by Crippen LogP contribution is 2.33. The van der Waals surface area contributed by atoms with E-state index in [0.29, 0.717) is 5.57 Å². The Morgan fingerprint density at radius 3 is 1.76 bits per heavy atom. The van der Waals surface area contributed by atoms with E-state index in [2.05, 4.69) is 31.2 Å². The van der Waals surface area contributed by atoms with Crippen LogP contribution in [0, 0.1) is 6.92 Å². The van der Waals surface area contributed by atoms with E-state index in [1.807, 2.05) is 24.3 Å². The topological polar surface area (TPSA) is 37.3 Å². The normalized spacial score (nSPS) is 12.0. The Morgan fingerprint density at radius 2 is 1.33 bits per heavy atom. The van der Waals surface area contributed by atoms with Gasteiger partial charge in [-0.15, -0.1) is 0 Å². The molecule has 104 valence electrons. The first kappa shape index (κ1) is 13.4. The Balaban J connectivity index is 2.52. The van der Waals surface area contributed by atoms with Gasteiger partial charge in [-0.05, 0) is 52.6 Å². The zero-order valence-corrected chi connectivity index (χ0v) is 12.1. The van der Waals surface area contributed by atoms with Gasteiger partial charge in [0.2, 0.25) is 0 Å². The van der Waals surface area contributed by atoms with Crippen molar-refractivity contribution in [2.45, 2.75) is 13.8 Å². The number of carbonyl (C=O) groups is 1. The van der Waals surface area contributed by atoms with Crippen LogP contribution in [0.2, 0.25) is 0 Å². The van der Waals surface area contributed by atoms with Crippen molar-refractivity contribution in [1.29, 1.82) is 0 Å². The molecule has 0 fully saturated rings. The van der Waals surface area contributed by atoms with E-state index < -0.39 is 5.97 Å². The van der Waals surface area contributed by atoms with E-state index in [0.717, 1.165) is 16.3 Å². The molecule has 0 aliphatic heterocycles. The third-order valence-corrected chi connectivity index (χ3v) is 3.94. The standard InChI is InChI=1S/C19H16O2/c1-12(19(20)21)11-18-16-9-5-3-7-14(16)13(2)15-8-4-6-10-17(15)18/h3-11H,1-2H3,(H,20,21)/b12-11+. The van der Waals surface area contributed by atoms with E-state index in [4.69, 9.17) is 0 Å². The lowest BCUT2D eigenvalue weighted by Crippen LogP contribution is -1.96. The van der Waals surface area contributed by atoms with Crippen LogP contribution in [-0.4, -0.2) is 11.1 Å². The average molecular weight is 276 g/mol. The molecule has 0 bridgehead atoms. The van der Waals surface area contributed by atoms with Gasteiger partial charge in [-0.2, -0.15) is 0 Å². The summed E-state index contributed by atoms with van der Waals surface area (Å²) in [4.78, 5) is 11.2. The molecule has 1 N–H and O–H groups in total. The zero-order chi connectivity index (χ0) is 15.0. The fraction of sp³-hybridized carbons (Fsp3) is 0.105. The SMILES string of the molecule is C/C(=C\c1c2ccccc2c(C)c2ccccc12)C(=O)O. The summed E-state index contributed by atoms with van der Waals surface area (Å²) in [6.45, 7) is 3.74.